The number of hydrogen-bond donors (Lipinski definition) is 1. The third-order valence-corrected chi connectivity index (χ3v) is 3.06. The minimum absolute atomic E-state index is 0.236. The molecule has 0 bridgehead atoms. The maximum absolute atomic E-state index is 11.8. The minimum Gasteiger partial charge on any atom is -0.268 e. The monoisotopic (exact) mass is 397 g/mol. The summed E-state index contributed by atoms with van der Waals surface area (Å²) in [5.74, 6) is -0.236. The van der Waals surface area contributed by atoms with Gasteiger partial charge in [0.05, 0.1) is 11.2 Å². The van der Waals surface area contributed by atoms with Crippen LogP contribution in [0.2, 0.25) is 0 Å². The summed E-state index contributed by atoms with van der Waals surface area (Å²) in [6, 6.07) is 5.53. The van der Waals surface area contributed by atoms with Gasteiger partial charge in [0.15, 0.2) is 0 Å². The van der Waals surface area contributed by atoms with Crippen LogP contribution in [0.5, 0.6) is 0 Å². The molecule has 1 N–H and O–H groups in total. The van der Waals surface area contributed by atoms with Gasteiger partial charge in [-0.25, -0.2) is 5.48 Å². The van der Waals surface area contributed by atoms with E-state index in [1.165, 1.54) is 0 Å². The highest BCUT2D eigenvalue weighted by molar-refractivity contribution is 14.1. The molecule has 1 aromatic carbocycles. The summed E-state index contributed by atoms with van der Waals surface area (Å²) in [4.78, 5) is 17.0. The van der Waals surface area contributed by atoms with Gasteiger partial charge in [0.25, 0.3) is 5.91 Å². The molecule has 0 saturated carbocycles. The lowest BCUT2D eigenvalue weighted by atomic mass is 10.2. The van der Waals surface area contributed by atoms with E-state index in [9.17, 15) is 4.79 Å². The topological polar surface area (TPSA) is 38.3 Å². The Morgan fingerprint density at radius 3 is 2.62 bits per heavy atom. The summed E-state index contributed by atoms with van der Waals surface area (Å²) in [7, 11) is 0. The Morgan fingerprint density at radius 1 is 1.44 bits per heavy atom. The zero-order valence-corrected chi connectivity index (χ0v) is 13.0. The molecule has 0 saturated heterocycles. The van der Waals surface area contributed by atoms with Crippen molar-refractivity contribution in [2.75, 3.05) is 0 Å². The van der Waals surface area contributed by atoms with Crippen LogP contribution in [0.3, 0.4) is 0 Å². The van der Waals surface area contributed by atoms with Crippen molar-refractivity contribution < 1.29 is 9.63 Å². The summed E-state index contributed by atoms with van der Waals surface area (Å²) in [6.45, 7) is 5.62. The Morgan fingerprint density at radius 2 is 2.06 bits per heavy atom. The Balaban J connectivity index is 2.77. The van der Waals surface area contributed by atoms with E-state index in [4.69, 9.17) is 4.84 Å². The molecule has 1 rings (SSSR count). The van der Waals surface area contributed by atoms with Gasteiger partial charge in [0, 0.05) is 8.04 Å². The summed E-state index contributed by atoms with van der Waals surface area (Å²) >= 11 is 5.45. The first-order chi connectivity index (χ1) is 7.29. The van der Waals surface area contributed by atoms with Gasteiger partial charge in [-0.3, -0.25) is 9.63 Å². The fraction of sp³-hybridized carbons (Fsp3) is 0.364. The van der Waals surface area contributed by atoms with Crippen LogP contribution in [0, 0.1) is 3.57 Å². The van der Waals surface area contributed by atoms with Crippen molar-refractivity contribution in [1.82, 2.24) is 5.48 Å². The number of hydrogen-bond acceptors (Lipinski definition) is 2. The summed E-state index contributed by atoms with van der Waals surface area (Å²) in [6.07, 6.45) is 0. The van der Waals surface area contributed by atoms with E-state index in [1.54, 1.807) is 6.07 Å². The normalized spacial score (nSPS) is 11.3. The molecule has 88 valence electrons. The third-order valence-electron chi connectivity index (χ3n) is 1.62. The van der Waals surface area contributed by atoms with Crippen molar-refractivity contribution in [3.8, 4) is 0 Å². The first-order valence-electron chi connectivity index (χ1n) is 4.73. The summed E-state index contributed by atoms with van der Waals surface area (Å²) < 4.78 is 1.75. The van der Waals surface area contributed by atoms with E-state index in [-0.39, 0.29) is 5.91 Å². The Labute approximate surface area is 117 Å². The summed E-state index contributed by atoms with van der Waals surface area (Å²) in [5.41, 5.74) is 2.64. The van der Waals surface area contributed by atoms with Crippen molar-refractivity contribution in [1.29, 1.82) is 0 Å². The molecule has 0 radical (unpaired) electrons. The fourth-order valence-corrected chi connectivity index (χ4v) is 1.87. The zero-order valence-electron chi connectivity index (χ0n) is 9.30. The van der Waals surface area contributed by atoms with Crippen molar-refractivity contribution in [3.63, 3.8) is 0 Å². The molecular weight excluding hydrogens is 385 g/mol. The average molecular weight is 398 g/mol. The lowest BCUT2D eigenvalue weighted by Crippen LogP contribution is -2.33. The smallest absolute Gasteiger partial charge is 0.268 e. The Bertz CT molecular complexity index is 401. The highest BCUT2D eigenvalue weighted by atomic mass is 127. The molecule has 0 aromatic heterocycles. The number of benzene rings is 1. The highest BCUT2D eigenvalue weighted by Gasteiger charge is 2.15. The number of carbonyl (C=O) groups excluding carboxylic acids is 1. The molecule has 0 unspecified atom stereocenters. The molecule has 0 spiro atoms. The highest BCUT2D eigenvalue weighted by Crippen LogP contribution is 2.18. The van der Waals surface area contributed by atoms with Crippen LogP contribution in [0.1, 0.15) is 31.1 Å². The van der Waals surface area contributed by atoms with E-state index >= 15 is 0 Å². The van der Waals surface area contributed by atoms with Gasteiger partial charge >= 0.3 is 0 Å². The van der Waals surface area contributed by atoms with Gasteiger partial charge in [0.1, 0.15) is 0 Å². The van der Waals surface area contributed by atoms with Crippen molar-refractivity contribution in [3.05, 3.63) is 31.8 Å². The molecular formula is C11H13BrINO2. The molecule has 0 aliphatic rings. The molecule has 3 nitrogen and oxygen atoms in total. The molecule has 5 heteroatoms. The second kappa shape index (κ2) is 5.46. The molecule has 0 heterocycles. The van der Waals surface area contributed by atoms with Crippen LogP contribution >= 0.6 is 38.5 Å². The van der Waals surface area contributed by atoms with Gasteiger partial charge in [0.2, 0.25) is 0 Å². The van der Waals surface area contributed by atoms with E-state index in [0.717, 1.165) is 8.04 Å². The first-order valence-corrected chi connectivity index (χ1v) is 6.60. The molecule has 0 aliphatic carbocycles. The van der Waals surface area contributed by atoms with Crippen molar-refractivity contribution in [2.45, 2.75) is 26.4 Å². The lowest BCUT2D eigenvalue weighted by Gasteiger charge is -2.19. The molecule has 1 amide bonds. The maximum Gasteiger partial charge on any atom is 0.275 e. The second-order valence-corrected chi connectivity index (χ2v) is 6.35. The Kier molecular flexibility index (Phi) is 4.75. The van der Waals surface area contributed by atoms with Crippen LogP contribution in [-0.4, -0.2) is 11.5 Å². The van der Waals surface area contributed by atoms with Crippen LogP contribution in [0.25, 0.3) is 0 Å². The number of amides is 1. The number of hydroxylamine groups is 1. The third kappa shape index (κ3) is 4.39. The number of halogens is 2. The maximum atomic E-state index is 11.8. The SMILES string of the molecule is CC(C)(C)ONC(=O)c1cc(Br)ccc1I. The standard InChI is InChI=1S/C11H13BrINO2/c1-11(2,3)16-14-10(15)8-6-7(12)4-5-9(8)13/h4-6H,1-3H3,(H,14,15). The number of carbonyl (C=O) groups is 1. The van der Waals surface area contributed by atoms with Gasteiger partial charge in [-0.1, -0.05) is 15.9 Å². The number of rotatable bonds is 2. The van der Waals surface area contributed by atoms with E-state index in [1.807, 2.05) is 32.9 Å². The molecule has 0 atom stereocenters. The lowest BCUT2D eigenvalue weighted by molar-refractivity contribution is -0.0590. The second-order valence-electron chi connectivity index (χ2n) is 4.27. The summed E-state index contributed by atoms with van der Waals surface area (Å²) in [5, 5.41) is 0. The van der Waals surface area contributed by atoms with Crippen molar-refractivity contribution >= 4 is 44.4 Å². The molecule has 1 aromatic rings. The zero-order chi connectivity index (χ0) is 12.3. The predicted molar refractivity (Wildman–Crippen MR) is 75.2 cm³/mol. The van der Waals surface area contributed by atoms with E-state index in [2.05, 4.69) is 44.0 Å². The van der Waals surface area contributed by atoms with E-state index in [0.29, 0.717) is 5.56 Å². The predicted octanol–water partition coefficient (Wildman–Crippen LogP) is 3.51. The fourth-order valence-electron chi connectivity index (χ4n) is 0.926. The van der Waals surface area contributed by atoms with Gasteiger partial charge < -0.3 is 0 Å². The van der Waals surface area contributed by atoms with Crippen LogP contribution in [0.4, 0.5) is 0 Å². The molecule has 0 fully saturated rings. The quantitative estimate of drug-likeness (QED) is 0.612. The van der Waals surface area contributed by atoms with E-state index < -0.39 is 5.60 Å². The van der Waals surface area contributed by atoms with Gasteiger partial charge in [-0.05, 0) is 61.6 Å². The van der Waals surface area contributed by atoms with Crippen LogP contribution < -0.4 is 5.48 Å². The van der Waals surface area contributed by atoms with Gasteiger partial charge in [-0.15, -0.1) is 0 Å². The minimum atomic E-state index is -0.396. The molecule has 0 aliphatic heterocycles. The average Bonchev–Trinajstić information content (AvgIpc) is 2.17. The van der Waals surface area contributed by atoms with Crippen LogP contribution in [-0.2, 0) is 4.84 Å². The molecule has 16 heavy (non-hydrogen) atoms. The van der Waals surface area contributed by atoms with Crippen LogP contribution in [0.15, 0.2) is 22.7 Å². The number of nitrogens with one attached hydrogen (secondary N) is 1. The first kappa shape index (κ1) is 13.9. The largest absolute Gasteiger partial charge is 0.275 e. The van der Waals surface area contributed by atoms with Crippen molar-refractivity contribution in [2.24, 2.45) is 0 Å². The van der Waals surface area contributed by atoms with Gasteiger partial charge in [-0.2, -0.15) is 0 Å². The Hall–Kier alpha value is -0.140.